The standard InChI is InChI=1S/C5H8O2Te/c1-3(6)5(8)4(2)7/h5,8H,1-2H3. The van der Waals surface area contributed by atoms with Crippen molar-refractivity contribution < 1.29 is 9.59 Å². The topological polar surface area (TPSA) is 34.1 Å². The molecule has 0 rings (SSSR count). The predicted octanol–water partition coefficient (Wildman–Crippen LogP) is -0.146. The van der Waals surface area contributed by atoms with Crippen LogP contribution in [-0.4, -0.2) is 33.9 Å². The second kappa shape index (κ2) is 3.21. The maximum absolute atomic E-state index is 10.4. The van der Waals surface area contributed by atoms with Crippen molar-refractivity contribution in [1.29, 1.82) is 0 Å². The van der Waals surface area contributed by atoms with E-state index in [1.54, 1.807) is 0 Å². The van der Waals surface area contributed by atoms with E-state index in [1.807, 2.05) is 0 Å². The van der Waals surface area contributed by atoms with Gasteiger partial charge in [-0.1, -0.05) is 0 Å². The van der Waals surface area contributed by atoms with Crippen LogP contribution in [0.1, 0.15) is 13.8 Å². The van der Waals surface area contributed by atoms with Gasteiger partial charge in [0, 0.05) is 0 Å². The summed E-state index contributed by atoms with van der Waals surface area (Å²) in [5.74, 6) is -0.0713. The second-order valence-electron chi connectivity index (χ2n) is 1.62. The summed E-state index contributed by atoms with van der Waals surface area (Å²) < 4.78 is -0.357. The number of carbonyl (C=O) groups is 2. The SMILES string of the molecule is CC(=O)C([TeH])C(C)=O. The van der Waals surface area contributed by atoms with Crippen LogP contribution in [0.15, 0.2) is 0 Å². The Morgan fingerprint density at radius 3 is 1.50 bits per heavy atom. The Bertz CT molecular complexity index is 106. The molecule has 8 heavy (non-hydrogen) atoms. The minimum absolute atomic E-state index is 0.0356. The van der Waals surface area contributed by atoms with Crippen molar-refractivity contribution in [1.82, 2.24) is 0 Å². The summed E-state index contributed by atoms with van der Waals surface area (Å²) in [6.45, 7) is 2.87. The Morgan fingerprint density at radius 2 is 1.50 bits per heavy atom. The van der Waals surface area contributed by atoms with Crippen molar-refractivity contribution >= 4 is 33.9 Å². The summed E-state index contributed by atoms with van der Waals surface area (Å²) in [6.07, 6.45) is 0. The van der Waals surface area contributed by atoms with Crippen LogP contribution in [0.3, 0.4) is 0 Å². The van der Waals surface area contributed by atoms with Gasteiger partial charge in [-0.15, -0.1) is 0 Å². The molecule has 0 aliphatic heterocycles. The molecule has 0 spiro atoms. The number of ketones is 2. The summed E-state index contributed by atoms with van der Waals surface area (Å²) in [7, 11) is 0. The normalized spacial score (nSPS) is 9.50. The van der Waals surface area contributed by atoms with Crippen LogP contribution in [-0.2, 0) is 9.59 Å². The van der Waals surface area contributed by atoms with E-state index in [4.69, 9.17) is 0 Å². The molecule has 0 atom stereocenters. The van der Waals surface area contributed by atoms with Gasteiger partial charge in [-0.2, -0.15) is 0 Å². The number of hydrogen-bond acceptors (Lipinski definition) is 2. The molecular weight excluding hydrogens is 220 g/mol. The molecule has 3 heteroatoms. The first-order chi connectivity index (χ1) is 3.55. The maximum atomic E-state index is 10.4. The van der Waals surface area contributed by atoms with Gasteiger partial charge in [0.15, 0.2) is 0 Å². The second-order valence-corrected chi connectivity index (χ2v) is 3.10. The molecule has 0 aliphatic rings. The first-order valence-electron chi connectivity index (χ1n) is 2.24. The van der Waals surface area contributed by atoms with Crippen LogP contribution in [0.25, 0.3) is 0 Å². The molecule has 0 aromatic rings. The number of hydrogen-bond donors (Lipinski definition) is 0. The molecule has 0 aromatic carbocycles. The molecule has 0 bridgehead atoms. The number of carbonyl (C=O) groups excluding carboxylic acids is 2. The van der Waals surface area contributed by atoms with E-state index in [1.165, 1.54) is 36.1 Å². The Morgan fingerprint density at radius 1 is 1.25 bits per heavy atom. The third-order valence-corrected chi connectivity index (χ3v) is 2.85. The summed E-state index contributed by atoms with van der Waals surface area (Å²) in [6, 6.07) is 0. The summed E-state index contributed by atoms with van der Waals surface area (Å²) in [5.41, 5.74) is 0. The molecular formula is C5H8O2Te. The van der Waals surface area contributed by atoms with Crippen molar-refractivity contribution in [3.8, 4) is 0 Å². The zero-order valence-electron chi connectivity index (χ0n) is 4.84. The average Bonchev–Trinajstić information content (AvgIpc) is 1.64. The van der Waals surface area contributed by atoms with Gasteiger partial charge in [0.2, 0.25) is 0 Å². The van der Waals surface area contributed by atoms with E-state index in [9.17, 15) is 9.59 Å². The first kappa shape index (κ1) is 8.13. The molecule has 2 nitrogen and oxygen atoms in total. The fourth-order valence-electron chi connectivity index (χ4n) is 0.286. The molecule has 0 radical (unpaired) electrons. The van der Waals surface area contributed by atoms with E-state index >= 15 is 0 Å². The van der Waals surface area contributed by atoms with Gasteiger partial charge in [0.05, 0.1) is 0 Å². The molecule has 46 valence electrons. The molecule has 0 saturated heterocycles. The van der Waals surface area contributed by atoms with Crippen molar-refractivity contribution in [2.24, 2.45) is 0 Å². The average molecular weight is 228 g/mol. The zero-order chi connectivity index (χ0) is 6.73. The fourth-order valence-corrected chi connectivity index (χ4v) is 0.286. The summed E-state index contributed by atoms with van der Waals surface area (Å²) in [4.78, 5) is 20.8. The molecule has 0 fully saturated rings. The molecule has 0 saturated carbocycles. The van der Waals surface area contributed by atoms with Crippen LogP contribution < -0.4 is 0 Å². The van der Waals surface area contributed by atoms with Gasteiger partial charge < -0.3 is 0 Å². The third kappa shape index (κ3) is 2.44. The van der Waals surface area contributed by atoms with Gasteiger partial charge in [0.1, 0.15) is 0 Å². The van der Waals surface area contributed by atoms with E-state index < -0.39 is 0 Å². The number of Topliss-reactive ketones (excluding diaryl/α,β-unsaturated/α-hetero) is 2. The van der Waals surface area contributed by atoms with Gasteiger partial charge in [-0.05, 0) is 0 Å². The Hall–Kier alpha value is 0.130. The monoisotopic (exact) mass is 230 g/mol. The van der Waals surface area contributed by atoms with Crippen LogP contribution in [0, 0.1) is 0 Å². The first-order valence-corrected chi connectivity index (χ1v) is 3.72. The summed E-state index contributed by atoms with van der Waals surface area (Å²) in [5, 5.41) is 0. The Balaban J connectivity index is 3.83. The van der Waals surface area contributed by atoms with Crippen molar-refractivity contribution in [3.05, 3.63) is 0 Å². The van der Waals surface area contributed by atoms with Gasteiger partial charge >= 0.3 is 61.3 Å². The quantitative estimate of drug-likeness (QED) is 0.486. The van der Waals surface area contributed by atoms with Crippen molar-refractivity contribution in [3.63, 3.8) is 0 Å². The van der Waals surface area contributed by atoms with Crippen LogP contribution in [0.2, 0.25) is 3.97 Å². The van der Waals surface area contributed by atoms with Crippen molar-refractivity contribution in [2.75, 3.05) is 0 Å². The van der Waals surface area contributed by atoms with Gasteiger partial charge in [0.25, 0.3) is 0 Å². The molecule has 0 N–H and O–H groups in total. The van der Waals surface area contributed by atoms with Crippen LogP contribution in [0.5, 0.6) is 0 Å². The van der Waals surface area contributed by atoms with E-state index in [2.05, 4.69) is 0 Å². The third-order valence-electron chi connectivity index (χ3n) is 0.770. The Labute approximate surface area is 61.5 Å². The van der Waals surface area contributed by atoms with Crippen LogP contribution >= 0.6 is 0 Å². The molecule has 0 unspecified atom stereocenters. The molecule has 0 amide bonds. The van der Waals surface area contributed by atoms with E-state index in [-0.39, 0.29) is 15.5 Å². The molecule has 0 aromatic heterocycles. The summed E-state index contributed by atoms with van der Waals surface area (Å²) >= 11 is 1.27. The number of rotatable bonds is 2. The van der Waals surface area contributed by atoms with E-state index in [0.717, 1.165) is 0 Å². The zero-order valence-corrected chi connectivity index (χ0v) is 7.39. The Kier molecular flexibility index (Phi) is 3.27. The van der Waals surface area contributed by atoms with Crippen molar-refractivity contribution in [2.45, 2.75) is 17.8 Å². The van der Waals surface area contributed by atoms with Crippen LogP contribution in [0.4, 0.5) is 0 Å². The van der Waals surface area contributed by atoms with Gasteiger partial charge in [-0.25, -0.2) is 0 Å². The van der Waals surface area contributed by atoms with E-state index in [0.29, 0.717) is 0 Å². The molecule has 0 heterocycles. The minimum atomic E-state index is -0.357. The fraction of sp³-hybridized carbons (Fsp3) is 0.600. The predicted molar refractivity (Wildman–Crippen MR) is 32.3 cm³/mol. The van der Waals surface area contributed by atoms with Gasteiger partial charge in [-0.3, -0.25) is 0 Å². The molecule has 0 aliphatic carbocycles.